The largest absolute Gasteiger partial charge is 0.320 e. The Morgan fingerprint density at radius 2 is 2.24 bits per heavy atom. The highest BCUT2D eigenvalue weighted by atomic mass is 32.1. The van der Waals surface area contributed by atoms with E-state index in [0.717, 1.165) is 10.2 Å². The van der Waals surface area contributed by atoms with Gasteiger partial charge in [0.05, 0.1) is 10.2 Å². The maximum Gasteiger partial charge on any atom is 0.235 e. The third kappa shape index (κ3) is 2.29. The summed E-state index contributed by atoms with van der Waals surface area (Å²) in [5.74, 6) is 10.2. The summed E-state index contributed by atoms with van der Waals surface area (Å²) in [5, 5.41) is 3.73. The molecule has 0 spiro atoms. The van der Waals surface area contributed by atoms with Crippen LogP contribution in [0.25, 0.3) is 10.2 Å². The Labute approximate surface area is 102 Å². The van der Waals surface area contributed by atoms with E-state index in [9.17, 15) is 4.79 Å². The van der Waals surface area contributed by atoms with Crippen LogP contribution in [0.3, 0.4) is 0 Å². The summed E-state index contributed by atoms with van der Waals surface area (Å²) in [5.41, 5.74) is 3.12. The number of nitrogens with one attached hydrogen (secondary N) is 1. The van der Waals surface area contributed by atoms with Crippen molar-refractivity contribution in [3.63, 3.8) is 0 Å². The van der Waals surface area contributed by atoms with Gasteiger partial charge in [0.1, 0.15) is 0 Å². The summed E-state index contributed by atoms with van der Waals surface area (Å²) < 4.78 is 3.00. The molecule has 0 aliphatic rings. The Hall–Kier alpha value is -1.86. The van der Waals surface area contributed by atoms with Crippen LogP contribution in [0.2, 0.25) is 0 Å². The number of nitrogens with two attached hydrogens (primary N) is 2. The summed E-state index contributed by atoms with van der Waals surface area (Å²) in [6, 6.07) is 7.86. The predicted octanol–water partition coefficient (Wildman–Crippen LogP) is -0.143. The molecule has 1 aromatic heterocycles. The molecular formula is C10H13N5OS. The van der Waals surface area contributed by atoms with E-state index in [1.807, 2.05) is 28.8 Å². The van der Waals surface area contributed by atoms with Gasteiger partial charge in [-0.05, 0) is 12.1 Å². The number of rotatable bonds is 3. The van der Waals surface area contributed by atoms with Crippen LogP contribution >= 0.6 is 11.3 Å². The summed E-state index contributed by atoms with van der Waals surface area (Å²) in [6.07, 6.45) is 0.296. The molecule has 0 saturated carbocycles. The highest BCUT2D eigenvalue weighted by molar-refractivity contribution is 7.16. The smallest absolute Gasteiger partial charge is 0.235 e. The molecule has 0 unspecified atom stereocenters. The average molecular weight is 251 g/mol. The lowest BCUT2D eigenvalue weighted by molar-refractivity contribution is -0.121. The van der Waals surface area contributed by atoms with Crippen molar-refractivity contribution in [2.45, 2.75) is 13.0 Å². The number of hydrogen-bond donors (Lipinski definition) is 3. The highest BCUT2D eigenvalue weighted by Crippen LogP contribution is 2.16. The Balaban J connectivity index is 2.41. The van der Waals surface area contributed by atoms with E-state index in [0.29, 0.717) is 17.8 Å². The predicted molar refractivity (Wildman–Crippen MR) is 66.5 cm³/mol. The molecule has 2 rings (SSSR count). The molecule has 1 heterocycles. The first-order valence-corrected chi connectivity index (χ1v) is 5.89. The van der Waals surface area contributed by atoms with Gasteiger partial charge in [-0.15, -0.1) is 0 Å². The molecule has 0 saturated heterocycles. The normalized spacial score (nSPS) is 11.9. The zero-order valence-corrected chi connectivity index (χ0v) is 9.91. The van der Waals surface area contributed by atoms with E-state index in [-0.39, 0.29) is 5.91 Å². The summed E-state index contributed by atoms with van der Waals surface area (Å²) in [6.45, 7) is 0.503. The van der Waals surface area contributed by atoms with Crippen LogP contribution in [0, 0.1) is 0 Å². The van der Waals surface area contributed by atoms with E-state index in [4.69, 9.17) is 11.7 Å². The fourth-order valence-corrected chi connectivity index (χ4v) is 2.60. The Morgan fingerprint density at radius 3 is 2.94 bits per heavy atom. The first kappa shape index (κ1) is 11.6. The number of hydrazine groups is 1. The van der Waals surface area contributed by atoms with Crippen molar-refractivity contribution < 1.29 is 4.79 Å². The first-order valence-electron chi connectivity index (χ1n) is 5.08. The van der Waals surface area contributed by atoms with Crippen molar-refractivity contribution >= 4 is 27.5 Å². The first-order chi connectivity index (χ1) is 8.26. The lowest BCUT2D eigenvalue weighted by atomic mass is 10.3. The molecule has 0 aliphatic carbocycles. The molecule has 2 aromatic rings. The summed E-state index contributed by atoms with van der Waals surface area (Å²) in [7, 11) is 0. The van der Waals surface area contributed by atoms with Gasteiger partial charge in [-0.1, -0.05) is 23.5 Å². The topological polar surface area (TPSA) is 98.4 Å². The van der Waals surface area contributed by atoms with Gasteiger partial charge in [-0.3, -0.25) is 10.2 Å². The monoisotopic (exact) mass is 251 g/mol. The maximum absolute atomic E-state index is 11.1. The molecule has 5 N–H and O–H groups in total. The zero-order valence-electron chi connectivity index (χ0n) is 9.09. The number of nitrogens with zero attached hydrogens (tertiary/aromatic N) is 2. The quantitative estimate of drug-likeness (QED) is 0.402. The van der Waals surface area contributed by atoms with E-state index >= 15 is 0 Å². The number of hydrogen-bond acceptors (Lipinski definition) is 5. The minimum atomic E-state index is -0.212. The zero-order chi connectivity index (χ0) is 12.3. The lowest BCUT2D eigenvalue weighted by Crippen LogP contribution is -2.31. The van der Waals surface area contributed by atoms with Gasteiger partial charge < -0.3 is 10.4 Å². The van der Waals surface area contributed by atoms with Gasteiger partial charge in [0.25, 0.3) is 0 Å². The molecular weight excluding hydrogens is 238 g/mol. The Kier molecular flexibility index (Phi) is 3.40. The molecule has 1 aromatic carbocycles. The maximum atomic E-state index is 11.1. The van der Waals surface area contributed by atoms with E-state index in [2.05, 4.69) is 10.5 Å². The second-order valence-electron chi connectivity index (χ2n) is 3.45. The second-order valence-corrected chi connectivity index (χ2v) is 4.46. The van der Waals surface area contributed by atoms with Crippen LogP contribution in [0.5, 0.6) is 0 Å². The number of carbonyl (C=O) groups is 1. The highest BCUT2D eigenvalue weighted by Gasteiger charge is 2.07. The van der Waals surface area contributed by atoms with Crippen LogP contribution in [0.1, 0.15) is 6.42 Å². The number of fused-ring (bicyclic) bond motifs is 1. The molecule has 17 heavy (non-hydrogen) atoms. The third-order valence-corrected chi connectivity index (χ3v) is 3.50. The third-order valence-electron chi connectivity index (χ3n) is 2.42. The lowest BCUT2D eigenvalue weighted by Gasteiger charge is -2.03. The number of amides is 1. The van der Waals surface area contributed by atoms with Gasteiger partial charge in [0.2, 0.25) is 10.7 Å². The molecule has 0 fully saturated rings. The molecule has 1 amide bonds. The van der Waals surface area contributed by atoms with Crippen molar-refractivity contribution in [1.29, 1.82) is 0 Å². The standard InChI is InChI=1S/C10H13N5OS/c11-13-9(16)5-6-15-7-3-1-2-4-8(7)17-10(15)14-12/h1-4H,5-6,11-12H2,(H,13,16). The molecule has 0 bridgehead atoms. The van der Waals surface area contributed by atoms with Crippen molar-refractivity contribution in [3.05, 3.63) is 29.1 Å². The number of thiazole rings is 1. The van der Waals surface area contributed by atoms with Crippen LogP contribution < -0.4 is 21.9 Å². The second kappa shape index (κ2) is 4.98. The van der Waals surface area contributed by atoms with Crippen molar-refractivity contribution in [2.75, 3.05) is 0 Å². The molecule has 90 valence electrons. The van der Waals surface area contributed by atoms with Crippen molar-refractivity contribution in [1.82, 2.24) is 9.99 Å². The SMILES string of the molecule is NN=c1sc2ccccc2n1CCC(=O)NN. The van der Waals surface area contributed by atoms with Crippen molar-refractivity contribution in [2.24, 2.45) is 16.8 Å². The molecule has 0 radical (unpaired) electrons. The Bertz CT molecular complexity index is 600. The average Bonchev–Trinajstić information content (AvgIpc) is 2.73. The van der Waals surface area contributed by atoms with E-state index in [1.54, 1.807) is 0 Å². The van der Waals surface area contributed by atoms with Crippen LogP contribution in [0.15, 0.2) is 29.4 Å². The molecule has 0 atom stereocenters. The van der Waals surface area contributed by atoms with Gasteiger partial charge in [0.15, 0.2) is 0 Å². The summed E-state index contributed by atoms with van der Waals surface area (Å²) >= 11 is 1.49. The van der Waals surface area contributed by atoms with Gasteiger partial charge >= 0.3 is 0 Å². The fourth-order valence-electron chi connectivity index (χ4n) is 1.62. The van der Waals surface area contributed by atoms with Crippen LogP contribution in [-0.2, 0) is 11.3 Å². The molecule has 6 nitrogen and oxygen atoms in total. The van der Waals surface area contributed by atoms with Gasteiger partial charge in [-0.2, -0.15) is 5.10 Å². The number of carbonyl (C=O) groups excluding carboxylic acids is 1. The Morgan fingerprint density at radius 1 is 1.47 bits per heavy atom. The minimum Gasteiger partial charge on any atom is -0.320 e. The van der Waals surface area contributed by atoms with Gasteiger partial charge in [-0.25, -0.2) is 5.84 Å². The number of benzene rings is 1. The van der Waals surface area contributed by atoms with Gasteiger partial charge in [0, 0.05) is 13.0 Å². The molecule has 0 aliphatic heterocycles. The number of aryl methyl sites for hydroxylation is 1. The fraction of sp³-hybridized carbons (Fsp3) is 0.200. The van der Waals surface area contributed by atoms with E-state index in [1.165, 1.54) is 11.3 Å². The summed E-state index contributed by atoms with van der Waals surface area (Å²) in [4.78, 5) is 11.8. The number of aromatic nitrogens is 1. The van der Waals surface area contributed by atoms with Crippen LogP contribution in [0.4, 0.5) is 0 Å². The van der Waals surface area contributed by atoms with E-state index < -0.39 is 0 Å². The number of para-hydroxylation sites is 1. The molecule has 7 heteroatoms. The van der Waals surface area contributed by atoms with Crippen molar-refractivity contribution in [3.8, 4) is 0 Å². The minimum absolute atomic E-state index is 0.212. The van der Waals surface area contributed by atoms with Crippen LogP contribution in [-0.4, -0.2) is 10.5 Å².